The minimum absolute atomic E-state index is 0.0400. The van der Waals surface area contributed by atoms with Crippen molar-refractivity contribution in [2.45, 2.75) is 20.8 Å². The lowest BCUT2D eigenvalue weighted by atomic mass is 10.1. The number of rotatable bonds is 2. The van der Waals surface area contributed by atoms with E-state index in [1.165, 1.54) is 7.11 Å². The van der Waals surface area contributed by atoms with Crippen LogP contribution in [0.3, 0.4) is 0 Å². The van der Waals surface area contributed by atoms with Crippen LogP contribution in [0.1, 0.15) is 23.8 Å². The molecule has 0 radical (unpaired) electrons. The van der Waals surface area contributed by atoms with Gasteiger partial charge in [-0.05, 0) is 31.3 Å². The van der Waals surface area contributed by atoms with E-state index in [2.05, 4.69) is 15.9 Å². The SMILES string of the molecule is COc1oc(/C(C)=C\Br)c(C)c(=O)c1C. The molecule has 1 heterocycles. The molecule has 0 N–H and O–H groups in total. The first-order chi connectivity index (χ1) is 7.02. The van der Waals surface area contributed by atoms with Crippen molar-refractivity contribution < 1.29 is 9.15 Å². The molecule has 82 valence electrons. The van der Waals surface area contributed by atoms with E-state index in [1.807, 2.05) is 6.92 Å². The fourth-order valence-electron chi connectivity index (χ4n) is 1.34. The molecule has 4 heteroatoms. The van der Waals surface area contributed by atoms with Gasteiger partial charge in [0.1, 0.15) is 5.76 Å². The zero-order valence-corrected chi connectivity index (χ0v) is 10.8. The Morgan fingerprint density at radius 3 is 2.47 bits per heavy atom. The minimum atomic E-state index is -0.0400. The molecule has 0 aromatic carbocycles. The lowest BCUT2D eigenvalue weighted by molar-refractivity contribution is 0.288. The van der Waals surface area contributed by atoms with E-state index >= 15 is 0 Å². The molecule has 0 saturated heterocycles. The van der Waals surface area contributed by atoms with Crippen molar-refractivity contribution in [2.75, 3.05) is 7.11 Å². The van der Waals surface area contributed by atoms with Crippen LogP contribution in [-0.2, 0) is 0 Å². The van der Waals surface area contributed by atoms with Gasteiger partial charge in [0.05, 0.1) is 12.7 Å². The predicted octanol–water partition coefficient (Wildman–Crippen LogP) is 3.02. The maximum atomic E-state index is 11.8. The second kappa shape index (κ2) is 4.66. The Morgan fingerprint density at radius 1 is 1.40 bits per heavy atom. The van der Waals surface area contributed by atoms with Crippen molar-refractivity contribution in [3.8, 4) is 5.95 Å². The lowest BCUT2D eigenvalue weighted by Crippen LogP contribution is -2.12. The molecular formula is C11H13BrO3. The van der Waals surface area contributed by atoms with Crippen molar-refractivity contribution in [3.63, 3.8) is 0 Å². The van der Waals surface area contributed by atoms with Crippen LogP contribution in [0, 0.1) is 13.8 Å². The van der Waals surface area contributed by atoms with E-state index in [0.29, 0.717) is 16.9 Å². The van der Waals surface area contributed by atoms with Gasteiger partial charge in [-0.2, -0.15) is 0 Å². The van der Waals surface area contributed by atoms with E-state index in [4.69, 9.17) is 9.15 Å². The van der Waals surface area contributed by atoms with Gasteiger partial charge in [0.25, 0.3) is 5.95 Å². The van der Waals surface area contributed by atoms with Crippen LogP contribution in [0.5, 0.6) is 5.95 Å². The quantitative estimate of drug-likeness (QED) is 0.831. The number of hydrogen-bond acceptors (Lipinski definition) is 3. The average molecular weight is 273 g/mol. The summed E-state index contributed by atoms with van der Waals surface area (Å²) in [7, 11) is 1.48. The Morgan fingerprint density at radius 2 is 2.00 bits per heavy atom. The van der Waals surface area contributed by atoms with Gasteiger partial charge in [0.2, 0.25) is 0 Å². The summed E-state index contributed by atoms with van der Waals surface area (Å²) in [5.41, 5.74) is 1.91. The van der Waals surface area contributed by atoms with Crippen LogP contribution in [0.2, 0.25) is 0 Å². The normalized spacial score (nSPS) is 11.7. The summed E-state index contributed by atoms with van der Waals surface area (Å²) in [6.07, 6.45) is 0. The molecule has 0 amide bonds. The fraction of sp³-hybridized carbons (Fsp3) is 0.364. The Hall–Kier alpha value is -1.03. The fourth-order valence-corrected chi connectivity index (χ4v) is 1.55. The predicted molar refractivity (Wildman–Crippen MR) is 63.6 cm³/mol. The molecule has 1 aromatic rings. The van der Waals surface area contributed by atoms with Crippen molar-refractivity contribution >= 4 is 21.5 Å². The van der Waals surface area contributed by atoms with Crippen LogP contribution in [0.4, 0.5) is 0 Å². The zero-order chi connectivity index (χ0) is 11.6. The molecule has 0 aliphatic carbocycles. The number of hydrogen-bond donors (Lipinski definition) is 0. The summed E-state index contributed by atoms with van der Waals surface area (Å²) in [5.74, 6) is 0.827. The molecular weight excluding hydrogens is 260 g/mol. The van der Waals surface area contributed by atoms with Crippen LogP contribution in [0.25, 0.3) is 5.57 Å². The second-order valence-corrected chi connectivity index (χ2v) is 3.75. The lowest BCUT2D eigenvalue weighted by Gasteiger charge is -2.08. The molecule has 0 bridgehead atoms. The first-order valence-corrected chi connectivity index (χ1v) is 5.40. The molecule has 1 aromatic heterocycles. The average Bonchev–Trinajstić information content (AvgIpc) is 2.25. The molecule has 0 aliphatic heterocycles. The number of methoxy groups -OCH3 is 1. The van der Waals surface area contributed by atoms with Crippen molar-refractivity contribution in [1.82, 2.24) is 0 Å². The Bertz CT molecular complexity index is 458. The van der Waals surface area contributed by atoms with Gasteiger partial charge < -0.3 is 9.15 Å². The van der Waals surface area contributed by atoms with Crippen molar-refractivity contribution in [1.29, 1.82) is 0 Å². The first kappa shape index (κ1) is 12.0. The third-order valence-electron chi connectivity index (χ3n) is 2.23. The van der Waals surface area contributed by atoms with Gasteiger partial charge in [0, 0.05) is 5.56 Å². The highest BCUT2D eigenvalue weighted by atomic mass is 79.9. The Balaban J connectivity index is 3.56. The summed E-state index contributed by atoms with van der Waals surface area (Å²) in [6.45, 7) is 5.29. The maximum Gasteiger partial charge on any atom is 0.291 e. The van der Waals surface area contributed by atoms with Gasteiger partial charge in [-0.15, -0.1) is 0 Å². The highest BCUT2D eigenvalue weighted by Crippen LogP contribution is 2.24. The smallest absolute Gasteiger partial charge is 0.291 e. The van der Waals surface area contributed by atoms with E-state index in [-0.39, 0.29) is 11.4 Å². The Kier molecular flexibility index (Phi) is 3.74. The highest BCUT2D eigenvalue weighted by molar-refractivity contribution is 9.11. The molecule has 0 atom stereocenters. The maximum absolute atomic E-state index is 11.8. The molecule has 0 aliphatic rings. The monoisotopic (exact) mass is 272 g/mol. The molecule has 1 rings (SSSR count). The van der Waals surface area contributed by atoms with Crippen LogP contribution < -0.4 is 10.2 Å². The first-order valence-electron chi connectivity index (χ1n) is 4.48. The Labute approximate surface area is 96.9 Å². The standard InChI is InChI=1S/C11H13BrO3/c1-6(5-12)10-7(2)9(13)8(3)11(14-4)15-10/h5H,1-4H3/b6-5-. The van der Waals surface area contributed by atoms with E-state index in [1.54, 1.807) is 18.8 Å². The third-order valence-corrected chi connectivity index (χ3v) is 2.92. The van der Waals surface area contributed by atoms with Crippen LogP contribution in [0.15, 0.2) is 14.2 Å². The number of halogens is 1. The van der Waals surface area contributed by atoms with E-state index < -0.39 is 0 Å². The van der Waals surface area contributed by atoms with Gasteiger partial charge >= 0.3 is 0 Å². The minimum Gasteiger partial charge on any atom is -0.468 e. The zero-order valence-electron chi connectivity index (χ0n) is 9.18. The largest absolute Gasteiger partial charge is 0.468 e. The van der Waals surface area contributed by atoms with Gasteiger partial charge in [-0.3, -0.25) is 4.79 Å². The van der Waals surface area contributed by atoms with Gasteiger partial charge in [-0.1, -0.05) is 15.9 Å². The van der Waals surface area contributed by atoms with Gasteiger partial charge in [0.15, 0.2) is 5.43 Å². The summed E-state index contributed by atoms with van der Waals surface area (Å²) < 4.78 is 10.5. The van der Waals surface area contributed by atoms with E-state index in [9.17, 15) is 4.79 Å². The summed E-state index contributed by atoms with van der Waals surface area (Å²) in [5, 5.41) is 0. The van der Waals surface area contributed by atoms with Crippen molar-refractivity contribution in [3.05, 3.63) is 32.1 Å². The molecule has 0 saturated carbocycles. The molecule has 15 heavy (non-hydrogen) atoms. The topological polar surface area (TPSA) is 39.4 Å². The summed E-state index contributed by atoms with van der Waals surface area (Å²) in [6, 6.07) is 0. The second-order valence-electron chi connectivity index (χ2n) is 3.29. The van der Waals surface area contributed by atoms with E-state index in [0.717, 1.165) is 5.57 Å². The summed E-state index contributed by atoms with van der Waals surface area (Å²) in [4.78, 5) is 13.5. The number of ether oxygens (including phenoxy) is 1. The number of allylic oxidation sites excluding steroid dienone is 1. The molecule has 3 nitrogen and oxygen atoms in total. The third kappa shape index (κ3) is 2.15. The molecule has 0 spiro atoms. The van der Waals surface area contributed by atoms with Gasteiger partial charge in [-0.25, -0.2) is 0 Å². The highest BCUT2D eigenvalue weighted by Gasteiger charge is 2.14. The summed E-state index contributed by atoms with van der Waals surface area (Å²) >= 11 is 3.21. The van der Waals surface area contributed by atoms with Crippen molar-refractivity contribution in [2.24, 2.45) is 0 Å². The van der Waals surface area contributed by atoms with Crippen LogP contribution in [-0.4, -0.2) is 7.11 Å². The molecule has 0 unspecified atom stereocenters. The molecule has 0 fully saturated rings. The van der Waals surface area contributed by atoms with Crippen LogP contribution >= 0.6 is 15.9 Å².